The van der Waals surface area contributed by atoms with Gasteiger partial charge in [0, 0.05) is 44.5 Å². The fourth-order valence-corrected chi connectivity index (χ4v) is 3.48. The van der Waals surface area contributed by atoms with Crippen molar-refractivity contribution < 1.29 is 0 Å². The lowest BCUT2D eigenvalue weighted by molar-refractivity contribution is 0.780. The molecule has 4 nitrogen and oxygen atoms in total. The predicted octanol–water partition coefficient (Wildman–Crippen LogP) is 2.81. The number of benzene rings is 1. The van der Waals surface area contributed by atoms with Crippen LogP contribution in [-0.4, -0.2) is 17.6 Å². The second-order valence-electron chi connectivity index (χ2n) is 5.11. The third kappa shape index (κ3) is 2.19. The predicted molar refractivity (Wildman–Crippen MR) is 86.8 cm³/mol. The van der Waals surface area contributed by atoms with Gasteiger partial charge in [0.15, 0.2) is 0 Å². The maximum absolute atomic E-state index is 11.4. The number of aryl methyl sites for hydroxylation is 1. The molecule has 0 aliphatic rings. The van der Waals surface area contributed by atoms with Crippen LogP contribution >= 0.6 is 11.3 Å². The molecule has 0 spiro atoms. The number of pyridine rings is 1. The van der Waals surface area contributed by atoms with E-state index in [9.17, 15) is 4.79 Å². The number of aromatic nitrogens is 1. The van der Waals surface area contributed by atoms with E-state index in [0.29, 0.717) is 0 Å². The highest BCUT2D eigenvalue weighted by Crippen LogP contribution is 2.39. The van der Waals surface area contributed by atoms with Gasteiger partial charge >= 0.3 is 0 Å². The highest BCUT2D eigenvalue weighted by molar-refractivity contribution is 7.19. The topological polar surface area (TPSA) is 70.9 Å². The van der Waals surface area contributed by atoms with Crippen molar-refractivity contribution in [2.75, 3.05) is 11.9 Å². The van der Waals surface area contributed by atoms with Gasteiger partial charge in [-0.25, -0.2) is 0 Å². The molecule has 0 bridgehead atoms. The number of fused-ring (bicyclic) bond motifs is 3. The summed E-state index contributed by atoms with van der Waals surface area (Å²) in [4.78, 5) is 15.6. The SMILES string of the molecule is Cc1sc2ccc3[nH]c(=O)ccc3c2c1NC[C@@H](C)N. The molecule has 0 aliphatic heterocycles. The summed E-state index contributed by atoms with van der Waals surface area (Å²) in [5.74, 6) is 0. The molecule has 0 aliphatic carbocycles. The summed E-state index contributed by atoms with van der Waals surface area (Å²) in [7, 11) is 0. The van der Waals surface area contributed by atoms with Crippen LogP contribution in [0.25, 0.3) is 21.0 Å². The summed E-state index contributed by atoms with van der Waals surface area (Å²) in [6.45, 7) is 4.81. The van der Waals surface area contributed by atoms with Crippen molar-refractivity contribution >= 4 is 38.0 Å². The molecule has 0 radical (unpaired) electrons. The second kappa shape index (κ2) is 4.92. The number of H-pyrrole nitrogens is 1. The van der Waals surface area contributed by atoms with Crippen LogP contribution in [0.2, 0.25) is 0 Å². The Morgan fingerprint density at radius 3 is 2.90 bits per heavy atom. The maximum atomic E-state index is 11.4. The largest absolute Gasteiger partial charge is 0.382 e. The summed E-state index contributed by atoms with van der Waals surface area (Å²) in [5, 5.41) is 5.67. The molecule has 2 heterocycles. The van der Waals surface area contributed by atoms with Gasteiger partial charge in [-0.2, -0.15) is 0 Å². The highest BCUT2D eigenvalue weighted by atomic mass is 32.1. The van der Waals surface area contributed by atoms with Crippen LogP contribution in [-0.2, 0) is 0 Å². The number of rotatable bonds is 3. The monoisotopic (exact) mass is 287 g/mol. The number of aromatic amines is 1. The summed E-state index contributed by atoms with van der Waals surface area (Å²) < 4.78 is 1.22. The van der Waals surface area contributed by atoms with Crippen molar-refractivity contribution in [2.24, 2.45) is 5.73 Å². The van der Waals surface area contributed by atoms with Gasteiger partial charge in [0.25, 0.3) is 0 Å². The first-order chi connectivity index (χ1) is 9.56. The van der Waals surface area contributed by atoms with E-state index in [4.69, 9.17) is 5.73 Å². The first kappa shape index (κ1) is 13.1. The van der Waals surface area contributed by atoms with E-state index in [1.54, 1.807) is 17.4 Å². The number of anilines is 1. The number of hydrogen-bond donors (Lipinski definition) is 3. The Morgan fingerprint density at radius 2 is 2.15 bits per heavy atom. The maximum Gasteiger partial charge on any atom is 0.248 e. The van der Waals surface area contributed by atoms with Gasteiger partial charge in [0.05, 0.1) is 5.69 Å². The number of nitrogens with one attached hydrogen (secondary N) is 2. The molecule has 20 heavy (non-hydrogen) atoms. The van der Waals surface area contributed by atoms with Crippen molar-refractivity contribution in [1.29, 1.82) is 0 Å². The lowest BCUT2D eigenvalue weighted by atomic mass is 10.1. The average molecular weight is 287 g/mol. The van der Waals surface area contributed by atoms with Gasteiger partial charge in [-0.05, 0) is 32.0 Å². The molecule has 0 saturated carbocycles. The lowest BCUT2D eigenvalue weighted by Gasteiger charge is -2.10. The molecule has 1 aromatic carbocycles. The van der Waals surface area contributed by atoms with E-state index in [1.807, 2.05) is 19.1 Å². The Hall–Kier alpha value is -1.85. The smallest absolute Gasteiger partial charge is 0.248 e. The van der Waals surface area contributed by atoms with E-state index in [2.05, 4.69) is 23.3 Å². The highest BCUT2D eigenvalue weighted by Gasteiger charge is 2.12. The summed E-state index contributed by atoms with van der Waals surface area (Å²) in [6.07, 6.45) is 0. The summed E-state index contributed by atoms with van der Waals surface area (Å²) in [5.41, 5.74) is 7.75. The van der Waals surface area contributed by atoms with Crippen molar-refractivity contribution in [1.82, 2.24) is 4.98 Å². The fraction of sp³-hybridized carbons (Fsp3) is 0.267. The fourth-order valence-electron chi connectivity index (χ4n) is 2.43. The normalized spacial score (nSPS) is 12.9. The minimum atomic E-state index is -0.0751. The van der Waals surface area contributed by atoms with Crippen LogP contribution in [0.1, 0.15) is 11.8 Å². The standard InChI is InChI=1S/C15H17N3OS/c1-8(16)7-17-15-9(2)20-12-5-4-11-10(14(12)15)3-6-13(19)18-11/h3-6,8,17H,7,16H2,1-2H3,(H,18,19)/t8-/m1/s1. The Bertz CT molecular complexity index is 832. The Morgan fingerprint density at radius 1 is 1.35 bits per heavy atom. The van der Waals surface area contributed by atoms with Gasteiger partial charge in [0.1, 0.15) is 0 Å². The molecular formula is C15H17N3OS. The molecule has 3 rings (SSSR count). The molecule has 0 fully saturated rings. The molecule has 3 aromatic rings. The molecule has 2 aromatic heterocycles. The van der Waals surface area contributed by atoms with E-state index in [1.165, 1.54) is 15.0 Å². The summed E-state index contributed by atoms with van der Waals surface area (Å²) >= 11 is 1.75. The Labute approximate surface area is 120 Å². The van der Waals surface area contributed by atoms with Crippen molar-refractivity contribution in [3.05, 3.63) is 39.5 Å². The van der Waals surface area contributed by atoms with Crippen LogP contribution in [0, 0.1) is 6.92 Å². The Balaban J connectivity index is 2.27. The molecule has 0 saturated heterocycles. The third-order valence-electron chi connectivity index (χ3n) is 3.33. The Kier molecular flexibility index (Phi) is 3.23. The summed E-state index contributed by atoms with van der Waals surface area (Å²) in [6, 6.07) is 7.58. The molecule has 104 valence electrons. The van der Waals surface area contributed by atoms with Crippen molar-refractivity contribution in [3.8, 4) is 0 Å². The quantitative estimate of drug-likeness (QED) is 0.693. The van der Waals surface area contributed by atoms with Crippen molar-refractivity contribution in [2.45, 2.75) is 19.9 Å². The third-order valence-corrected chi connectivity index (χ3v) is 4.40. The lowest BCUT2D eigenvalue weighted by Crippen LogP contribution is -2.25. The van der Waals surface area contributed by atoms with Gasteiger partial charge in [0.2, 0.25) is 5.56 Å². The van der Waals surface area contributed by atoms with E-state index >= 15 is 0 Å². The zero-order chi connectivity index (χ0) is 14.3. The van der Waals surface area contributed by atoms with E-state index in [0.717, 1.165) is 23.1 Å². The van der Waals surface area contributed by atoms with Crippen molar-refractivity contribution in [3.63, 3.8) is 0 Å². The van der Waals surface area contributed by atoms with Gasteiger partial charge in [-0.1, -0.05) is 0 Å². The molecule has 0 unspecified atom stereocenters. The van der Waals surface area contributed by atoms with Crippen LogP contribution in [0.15, 0.2) is 29.1 Å². The van der Waals surface area contributed by atoms with Crippen LogP contribution < -0.4 is 16.6 Å². The van der Waals surface area contributed by atoms with Gasteiger partial charge in [-0.3, -0.25) is 4.79 Å². The molecule has 5 heteroatoms. The minimum Gasteiger partial charge on any atom is -0.382 e. The second-order valence-corrected chi connectivity index (χ2v) is 6.37. The van der Waals surface area contributed by atoms with Gasteiger partial charge in [-0.15, -0.1) is 11.3 Å². The first-order valence-electron chi connectivity index (χ1n) is 6.61. The zero-order valence-electron chi connectivity index (χ0n) is 11.5. The van der Waals surface area contributed by atoms with E-state index < -0.39 is 0 Å². The van der Waals surface area contributed by atoms with Gasteiger partial charge < -0.3 is 16.0 Å². The number of thiophene rings is 1. The average Bonchev–Trinajstić information content (AvgIpc) is 2.72. The molecule has 4 N–H and O–H groups in total. The molecule has 0 amide bonds. The number of nitrogens with two attached hydrogens (primary N) is 1. The molecular weight excluding hydrogens is 270 g/mol. The van der Waals surface area contributed by atoms with Crippen LogP contribution in [0.3, 0.4) is 0 Å². The minimum absolute atomic E-state index is 0.0751. The van der Waals surface area contributed by atoms with E-state index in [-0.39, 0.29) is 11.6 Å². The first-order valence-corrected chi connectivity index (χ1v) is 7.42. The van der Waals surface area contributed by atoms with Crippen LogP contribution in [0.5, 0.6) is 0 Å². The molecule has 1 atom stereocenters. The number of hydrogen-bond acceptors (Lipinski definition) is 4. The van der Waals surface area contributed by atoms with Crippen LogP contribution in [0.4, 0.5) is 5.69 Å². The zero-order valence-corrected chi connectivity index (χ0v) is 12.3.